The van der Waals surface area contributed by atoms with Gasteiger partial charge in [0.2, 0.25) is 0 Å². The first-order valence-electron chi connectivity index (χ1n) is 2.75. The summed E-state index contributed by atoms with van der Waals surface area (Å²) in [6.45, 7) is 0.141. The largest absolute Gasteiger partial charge is 0.479 e. The molecule has 0 N–H and O–H groups in total. The zero-order valence-electron chi connectivity index (χ0n) is 5.25. The predicted octanol–water partition coefficient (Wildman–Crippen LogP) is 1.71. The Hall–Kier alpha value is -0.630. The molecule has 0 aromatic heterocycles. The van der Waals surface area contributed by atoms with Crippen LogP contribution in [0.2, 0.25) is 0 Å². The van der Waals surface area contributed by atoms with E-state index in [-0.39, 0.29) is 27.3 Å². The number of nitriles is 1. The summed E-state index contributed by atoms with van der Waals surface area (Å²) in [7, 11) is 0. The Morgan fingerprint density at radius 2 is 2.60 bits per heavy atom. The lowest BCUT2D eigenvalue weighted by Crippen LogP contribution is -1.90. The van der Waals surface area contributed by atoms with Crippen LogP contribution in [0.1, 0.15) is 0 Å². The molecule has 0 amide bonds. The van der Waals surface area contributed by atoms with Gasteiger partial charge in [-0.25, -0.2) is 0 Å². The first-order chi connectivity index (χ1) is 4.93. The Morgan fingerprint density at radius 3 is 3.20 bits per heavy atom. The van der Waals surface area contributed by atoms with Gasteiger partial charge in [0.1, 0.15) is 11.8 Å². The number of hydrogen-bond acceptors (Lipinski definition) is 2. The topological polar surface area (TPSA) is 33.0 Å². The van der Waals surface area contributed by atoms with Crippen LogP contribution >= 0.6 is 20.7 Å². The predicted molar refractivity (Wildman–Crippen MR) is 48.9 cm³/mol. The normalized spacial score (nSPS) is 14.9. The van der Waals surface area contributed by atoms with Crippen molar-refractivity contribution in [3.63, 3.8) is 0 Å². The molecule has 0 aromatic rings. The van der Waals surface area contributed by atoms with Crippen LogP contribution in [0.3, 0.4) is 0 Å². The Bertz CT molecular complexity index is 234. The minimum atomic E-state index is 0.127. The quantitative estimate of drug-likeness (QED) is 0.696. The van der Waals surface area contributed by atoms with Crippen LogP contribution in [0.5, 0.6) is 0 Å². The Balaban J connectivity index is 2.44. The van der Waals surface area contributed by atoms with E-state index in [1.165, 1.54) is 0 Å². The van der Waals surface area contributed by atoms with Crippen molar-refractivity contribution in [3.05, 3.63) is 22.0 Å². The maximum Gasteiger partial charge on any atom is 0.174 e. The van der Waals surface area contributed by atoms with Gasteiger partial charge in [-0.15, -0.1) is 0 Å². The van der Waals surface area contributed by atoms with E-state index >= 15 is 0 Å². The second-order valence-corrected chi connectivity index (χ2v) is 3.72. The molecule has 1 aliphatic rings. The molecule has 0 atom stereocenters. The van der Waals surface area contributed by atoms with Gasteiger partial charge >= 0.3 is 0 Å². The smallest absolute Gasteiger partial charge is 0.174 e. The van der Waals surface area contributed by atoms with Crippen molar-refractivity contribution in [3.8, 4) is 6.07 Å². The molecule has 0 aliphatic carbocycles. The van der Waals surface area contributed by atoms with Crippen LogP contribution in [0, 0.1) is 11.3 Å². The summed E-state index contributed by atoms with van der Waals surface area (Å²) in [5.41, 5.74) is 0. The summed E-state index contributed by atoms with van der Waals surface area (Å²) in [5, 5.41) is 8.17. The van der Waals surface area contributed by atoms with Gasteiger partial charge in [0.25, 0.3) is 0 Å². The van der Waals surface area contributed by atoms with E-state index in [0.29, 0.717) is 0 Å². The van der Waals surface area contributed by atoms with Crippen LogP contribution < -0.4 is 0 Å². The van der Waals surface area contributed by atoms with E-state index in [4.69, 9.17) is 10.00 Å². The fourth-order valence-corrected chi connectivity index (χ4v) is 1.87. The number of allylic oxidation sites excluding steroid dienone is 2. The van der Waals surface area contributed by atoms with Crippen LogP contribution in [0.4, 0.5) is 0 Å². The average Bonchev–Trinajstić information content (AvgIpc) is 2.03. The highest BCUT2D eigenvalue weighted by Gasteiger charge is 1.91. The van der Waals surface area contributed by atoms with E-state index in [1.807, 2.05) is 18.2 Å². The van der Waals surface area contributed by atoms with Crippen molar-refractivity contribution in [1.29, 1.82) is 5.26 Å². The summed E-state index contributed by atoms with van der Waals surface area (Å²) in [5.74, 6) is 0.799. The molecule has 52 valence electrons. The zero-order valence-corrected chi connectivity index (χ0v) is 7.41. The van der Waals surface area contributed by atoms with Crippen LogP contribution in [0.25, 0.3) is 0 Å². The fraction of sp³-hybridized carbons (Fsp3) is 0.143. The molecule has 0 aromatic carbocycles. The van der Waals surface area contributed by atoms with Gasteiger partial charge in [-0.1, -0.05) is 20.7 Å². The van der Waals surface area contributed by atoms with Gasteiger partial charge in [-0.05, 0) is 20.2 Å². The second kappa shape index (κ2) is 4.23. The molecule has 0 saturated carbocycles. The van der Waals surface area contributed by atoms with Crippen molar-refractivity contribution in [2.45, 2.75) is 0 Å². The van der Waals surface area contributed by atoms with E-state index in [9.17, 15) is 0 Å². The molecule has 0 spiro atoms. The average molecular weight is 247 g/mol. The molecule has 0 unspecified atom stereocenters. The van der Waals surface area contributed by atoms with E-state index in [2.05, 4.69) is 8.09 Å². The monoisotopic (exact) mass is 247 g/mol. The minimum Gasteiger partial charge on any atom is -0.479 e. The van der Waals surface area contributed by atoms with Gasteiger partial charge in [0, 0.05) is 0 Å². The standard InChI is InChI=1S/C7H6INO/c9-5-6-10-7-1-3-8-4-2-7/h1-4H,6H2. The highest BCUT2D eigenvalue weighted by atomic mass is 127. The number of halogens is 1. The van der Waals surface area contributed by atoms with Gasteiger partial charge in [-0.3, -0.25) is 0 Å². The third-order valence-corrected chi connectivity index (χ3v) is 2.45. The molecule has 10 heavy (non-hydrogen) atoms. The van der Waals surface area contributed by atoms with Crippen molar-refractivity contribution >= 4 is 24.7 Å². The molecular weight excluding hydrogens is 241 g/mol. The molecule has 1 aliphatic heterocycles. The molecule has 0 bridgehead atoms. The lowest BCUT2D eigenvalue weighted by molar-refractivity contribution is 0.267. The van der Waals surface area contributed by atoms with Gasteiger partial charge in [0.15, 0.2) is 6.61 Å². The van der Waals surface area contributed by atoms with Crippen molar-refractivity contribution in [1.82, 2.24) is 0 Å². The van der Waals surface area contributed by atoms with Crippen molar-refractivity contribution in [2.24, 2.45) is 0 Å². The molecule has 3 heteroatoms. The molecule has 1 heterocycles. The molecule has 0 saturated heterocycles. The molecule has 2 nitrogen and oxygen atoms in total. The Kier molecular flexibility index (Phi) is 3.16. The molecule has 0 radical (unpaired) electrons. The van der Waals surface area contributed by atoms with Gasteiger partial charge < -0.3 is 4.74 Å². The van der Waals surface area contributed by atoms with E-state index in [1.54, 1.807) is 0 Å². The molecule has 0 fully saturated rings. The third-order valence-electron chi connectivity index (χ3n) is 0.903. The van der Waals surface area contributed by atoms with Gasteiger partial charge in [-0.2, -0.15) is 5.26 Å². The third kappa shape index (κ3) is 2.31. The maximum atomic E-state index is 8.17. The lowest BCUT2D eigenvalue weighted by atomic mass is 10.4. The summed E-state index contributed by atoms with van der Waals surface area (Å²) in [4.78, 5) is 0. The maximum absolute atomic E-state index is 8.17. The number of nitrogens with zero attached hydrogens (tertiary/aromatic N) is 1. The second-order valence-electron chi connectivity index (χ2n) is 1.56. The lowest BCUT2D eigenvalue weighted by Gasteiger charge is -2.01. The zero-order chi connectivity index (χ0) is 7.23. The highest BCUT2D eigenvalue weighted by molar-refractivity contribution is 14.2. The SMILES string of the molecule is N#CCOC1=CC=IC=C1. The summed E-state index contributed by atoms with van der Waals surface area (Å²) < 4.78 is 9.24. The van der Waals surface area contributed by atoms with Crippen molar-refractivity contribution < 1.29 is 4.74 Å². The van der Waals surface area contributed by atoms with Crippen molar-refractivity contribution in [2.75, 3.05) is 6.61 Å². The van der Waals surface area contributed by atoms with Crippen LogP contribution in [0.15, 0.2) is 22.0 Å². The van der Waals surface area contributed by atoms with E-state index < -0.39 is 0 Å². The molecular formula is C7H6INO. The molecule has 1 rings (SSSR count). The summed E-state index contributed by atoms with van der Waals surface area (Å²) >= 11 is 0.127. The summed E-state index contributed by atoms with van der Waals surface area (Å²) in [6.07, 6.45) is 3.84. The Labute approximate surface area is 69.5 Å². The summed E-state index contributed by atoms with van der Waals surface area (Å²) in [6, 6.07) is 1.91. The first-order valence-corrected chi connectivity index (χ1v) is 5.24. The van der Waals surface area contributed by atoms with Crippen LogP contribution in [-0.2, 0) is 4.74 Å². The number of ether oxygens (including phenoxy) is 1. The van der Waals surface area contributed by atoms with Gasteiger partial charge in [0.05, 0.1) is 0 Å². The Morgan fingerprint density at radius 1 is 1.70 bits per heavy atom. The highest BCUT2D eigenvalue weighted by Crippen LogP contribution is 2.09. The number of rotatable bonds is 2. The fourth-order valence-electron chi connectivity index (χ4n) is 0.506. The minimum absolute atomic E-state index is 0.127. The first kappa shape index (κ1) is 7.48. The van der Waals surface area contributed by atoms with E-state index in [0.717, 1.165) is 5.76 Å². The van der Waals surface area contributed by atoms with Crippen LogP contribution in [-0.4, -0.2) is 10.6 Å². The number of hydrogen-bond donors (Lipinski definition) is 0.